The van der Waals surface area contributed by atoms with Crippen molar-refractivity contribution in [3.8, 4) is 22.8 Å². The van der Waals surface area contributed by atoms with Crippen molar-refractivity contribution in [3.63, 3.8) is 0 Å². The van der Waals surface area contributed by atoms with E-state index in [4.69, 9.17) is 16.1 Å². The summed E-state index contributed by atoms with van der Waals surface area (Å²) in [6.07, 6.45) is 3.42. The SMILES string of the molecule is Clc1cccc(-c2nc(CSc3n[nH]c(-c4ccncc4)n3)no2)c1. The number of rotatable bonds is 5. The molecule has 0 amide bonds. The van der Waals surface area contributed by atoms with E-state index in [1.807, 2.05) is 24.3 Å². The third kappa shape index (κ3) is 3.70. The van der Waals surface area contributed by atoms with Crippen LogP contribution < -0.4 is 0 Å². The Morgan fingerprint density at radius 1 is 1.08 bits per heavy atom. The molecule has 0 aliphatic carbocycles. The quantitative estimate of drug-likeness (QED) is 0.533. The summed E-state index contributed by atoms with van der Waals surface area (Å²) in [5.74, 6) is 2.19. The molecule has 124 valence electrons. The smallest absolute Gasteiger partial charge is 0.258 e. The molecule has 0 bridgehead atoms. The Morgan fingerprint density at radius 3 is 2.80 bits per heavy atom. The fraction of sp³-hybridized carbons (Fsp3) is 0.0625. The summed E-state index contributed by atoms with van der Waals surface area (Å²) in [5, 5.41) is 12.3. The van der Waals surface area contributed by atoms with Crippen molar-refractivity contribution in [3.05, 3.63) is 59.6 Å². The van der Waals surface area contributed by atoms with Gasteiger partial charge >= 0.3 is 0 Å². The highest BCUT2D eigenvalue weighted by molar-refractivity contribution is 7.98. The molecule has 0 radical (unpaired) electrons. The van der Waals surface area contributed by atoms with Gasteiger partial charge in [-0.2, -0.15) is 4.98 Å². The maximum absolute atomic E-state index is 5.98. The molecule has 25 heavy (non-hydrogen) atoms. The van der Waals surface area contributed by atoms with Gasteiger partial charge in [-0.05, 0) is 30.3 Å². The van der Waals surface area contributed by atoms with Gasteiger partial charge in [-0.15, -0.1) is 5.10 Å². The van der Waals surface area contributed by atoms with Crippen LogP contribution in [0.1, 0.15) is 5.82 Å². The molecule has 3 aromatic heterocycles. The van der Waals surface area contributed by atoms with Crippen LogP contribution in [0.3, 0.4) is 0 Å². The number of pyridine rings is 1. The van der Waals surface area contributed by atoms with E-state index in [1.54, 1.807) is 24.5 Å². The van der Waals surface area contributed by atoms with Crippen molar-refractivity contribution in [1.82, 2.24) is 30.3 Å². The van der Waals surface area contributed by atoms with Crippen LogP contribution >= 0.6 is 23.4 Å². The second kappa shape index (κ2) is 7.04. The predicted octanol–water partition coefficient (Wildman–Crippen LogP) is 3.86. The molecular formula is C16H11ClN6OS. The number of thioether (sulfide) groups is 1. The Kier molecular flexibility index (Phi) is 4.45. The van der Waals surface area contributed by atoms with Gasteiger partial charge in [0, 0.05) is 28.5 Å². The number of halogens is 1. The van der Waals surface area contributed by atoms with Gasteiger partial charge in [0.2, 0.25) is 5.16 Å². The first-order valence-electron chi connectivity index (χ1n) is 7.32. The van der Waals surface area contributed by atoms with Crippen LogP contribution in [0, 0.1) is 0 Å². The van der Waals surface area contributed by atoms with Gasteiger partial charge in [0.25, 0.3) is 5.89 Å². The van der Waals surface area contributed by atoms with Crippen LogP contribution in [0.15, 0.2) is 58.5 Å². The largest absolute Gasteiger partial charge is 0.334 e. The highest BCUT2D eigenvalue weighted by Crippen LogP contribution is 2.24. The number of hydrogen-bond acceptors (Lipinski definition) is 7. The summed E-state index contributed by atoms with van der Waals surface area (Å²) in [4.78, 5) is 12.8. The minimum absolute atomic E-state index is 0.436. The molecule has 0 saturated heterocycles. The average Bonchev–Trinajstić information content (AvgIpc) is 3.30. The number of hydrogen-bond donors (Lipinski definition) is 1. The first-order valence-corrected chi connectivity index (χ1v) is 8.68. The Bertz CT molecular complexity index is 987. The summed E-state index contributed by atoms with van der Waals surface area (Å²) in [6, 6.07) is 11.0. The van der Waals surface area contributed by atoms with Crippen LogP contribution in [0.4, 0.5) is 0 Å². The van der Waals surface area contributed by atoms with Gasteiger partial charge in [-0.3, -0.25) is 10.1 Å². The maximum Gasteiger partial charge on any atom is 0.258 e. The fourth-order valence-electron chi connectivity index (χ4n) is 2.13. The summed E-state index contributed by atoms with van der Waals surface area (Å²) in [5.41, 5.74) is 1.71. The van der Waals surface area contributed by atoms with Crippen LogP contribution in [0.5, 0.6) is 0 Å². The molecule has 1 N–H and O–H groups in total. The summed E-state index contributed by atoms with van der Waals surface area (Å²) in [6.45, 7) is 0. The van der Waals surface area contributed by atoms with Crippen LogP contribution in [-0.4, -0.2) is 30.3 Å². The molecule has 0 spiro atoms. The Hall–Kier alpha value is -2.71. The number of aromatic amines is 1. The van der Waals surface area contributed by atoms with Crippen molar-refractivity contribution in [2.75, 3.05) is 0 Å². The zero-order valence-corrected chi connectivity index (χ0v) is 14.3. The number of benzene rings is 1. The van der Waals surface area contributed by atoms with Crippen molar-refractivity contribution in [2.45, 2.75) is 10.9 Å². The molecule has 9 heteroatoms. The molecule has 0 atom stereocenters. The Morgan fingerprint density at radius 2 is 1.96 bits per heavy atom. The second-order valence-corrected chi connectivity index (χ2v) is 6.40. The van der Waals surface area contributed by atoms with Gasteiger partial charge in [0.15, 0.2) is 11.6 Å². The van der Waals surface area contributed by atoms with Gasteiger partial charge in [0.05, 0.1) is 5.75 Å². The van der Waals surface area contributed by atoms with Crippen molar-refractivity contribution < 1.29 is 4.52 Å². The van der Waals surface area contributed by atoms with E-state index in [0.717, 1.165) is 11.1 Å². The Labute approximate surface area is 151 Å². The van der Waals surface area contributed by atoms with Crippen LogP contribution in [0.2, 0.25) is 5.02 Å². The summed E-state index contributed by atoms with van der Waals surface area (Å²) < 4.78 is 5.28. The topological polar surface area (TPSA) is 93.4 Å². The molecule has 1 aromatic carbocycles. The molecule has 0 unspecified atom stereocenters. The molecule has 7 nitrogen and oxygen atoms in total. The second-order valence-electron chi connectivity index (χ2n) is 5.02. The maximum atomic E-state index is 5.98. The van der Waals surface area contributed by atoms with Gasteiger partial charge < -0.3 is 4.52 Å². The van der Waals surface area contributed by atoms with Crippen molar-refractivity contribution in [1.29, 1.82) is 0 Å². The van der Waals surface area contributed by atoms with E-state index in [9.17, 15) is 0 Å². The van der Waals surface area contributed by atoms with Gasteiger partial charge in [-0.25, -0.2) is 4.98 Å². The van der Waals surface area contributed by atoms with E-state index < -0.39 is 0 Å². The fourth-order valence-corrected chi connectivity index (χ4v) is 2.96. The molecule has 4 rings (SSSR count). The highest BCUT2D eigenvalue weighted by atomic mass is 35.5. The third-order valence-corrected chi connectivity index (χ3v) is 4.37. The molecule has 4 aromatic rings. The van der Waals surface area contributed by atoms with Crippen LogP contribution in [-0.2, 0) is 5.75 Å². The third-order valence-electron chi connectivity index (χ3n) is 3.29. The molecule has 0 aliphatic heterocycles. The van der Waals surface area contributed by atoms with E-state index in [-0.39, 0.29) is 0 Å². The highest BCUT2D eigenvalue weighted by Gasteiger charge is 2.11. The van der Waals surface area contributed by atoms with E-state index in [0.29, 0.717) is 33.5 Å². The lowest BCUT2D eigenvalue weighted by molar-refractivity contribution is 0.425. The minimum atomic E-state index is 0.436. The van der Waals surface area contributed by atoms with Crippen LogP contribution in [0.25, 0.3) is 22.8 Å². The number of H-pyrrole nitrogens is 1. The minimum Gasteiger partial charge on any atom is -0.334 e. The van der Waals surface area contributed by atoms with E-state index in [1.165, 1.54) is 11.8 Å². The summed E-state index contributed by atoms with van der Waals surface area (Å²) >= 11 is 7.40. The van der Waals surface area contributed by atoms with E-state index >= 15 is 0 Å². The van der Waals surface area contributed by atoms with Gasteiger partial charge in [-0.1, -0.05) is 34.6 Å². The lowest BCUT2D eigenvalue weighted by atomic mass is 10.2. The predicted molar refractivity (Wildman–Crippen MR) is 93.9 cm³/mol. The van der Waals surface area contributed by atoms with Gasteiger partial charge in [0.1, 0.15) is 0 Å². The lowest BCUT2D eigenvalue weighted by Gasteiger charge is -1.94. The van der Waals surface area contributed by atoms with Crippen molar-refractivity contribution in [2.24, 2.45) is 0 Å². The zero-order chi connectivity index (χ0) is 17.1. The summed E-state index contributed by atoms with van der Waals surface area (Å²) in [7, 11) is 0. The lowest BCUT2D eigenvalue weighted by Crippen LogP contribution is -1.85. The molecule has 3 heterocycles. The first-order chi connectivity index (χ1) is 12.3. The Balaban J connectivity index is 1.43. The molecule has 0 fully saturated rings. The number of aromatic nitrogens is 6. The number of nitrogens with zero attached hydrogens (tertiary/aromatic N) is 5. The molecule has 0 saturated carbocycles. The molecule has 0 aliphatic rings. The van der Waals surface area contributed by atoms with Crippen molar-refractivity contribution >= 4 is 23.4 Å². The average molecular weight is 371 g/mol. The number of nitrogens with one attached hydrogen (secondary N) is 1. The standard InChI is InChI=1S/C16H11ClN6OS/c17-12-3-1-2-11(8-12)15-19-13(23-24-15)9-25-16-20-14(21-22-16)10-4-6-18-7-5-10/h1-8H,9H2,(H,20,21,22). The zero-order valence-electron chi connectivity index (χ0n) is 12.8. The normalized spacial score (nSPS) is 10.9. The van der Waals surface area contributed by atoms with E-state index in [2.05, 4.69) is 30.3 Å². The first kappa shape index (κ1) is 15.8. The molecular weight excluding hydrogens is 360 g/mol. The monoisotopic (exact) mass is 370 g/mol.